The number of hydrogen-bond acceptors (Lipinski definition) is 4. The topological polar surface area (TPSA) is 58.4 Å². The van der Waals surface area contributed by atoms with Crippen LogP contribution in [0.1, 0.15) is 28.1 Å². The predicted molar refractivity (Wildman–Crippen MR) is 74.8 cm³/mol. The number of hydrogen-bond donors (Lipinski definition) is 2. The van der Waals surface area contributed by atoms with Crippen LogP contribution < -0.4 is 11.1 Å². The van der Waals surface area contributed by atoms with E-state index in [4.69, 9.17) is 5.73 Å². The number of nitrogens with two attached hydrogens (primary N) is 1. The van der Waals surface area contributed by atoms with E-state index in [1.807, 2.05) is 11.4 Å². The van der Waals surface area contributed by atoms with Gasteiger partial charge in [0, 0.05) is 16.8 Å². The van der Waals surface area contributed by atoms with E-state index < -0.39 is 0 Å². The van der Waals surface area contributed by atoms with Crippen molar-refractivity contribution in [1.29, 1.82) is 0 Å². The lowest BCUT2D eigenvalue weighted by Crippen LogP contribution is -2.34. The zero-order chi connectivity index (χ0) is 13.0. The van der Waals surface area contributed by atoms with E-state index in [1.165, 1.54) is 30.8 Å². The summed E-state index contributed by atoms with van der Waals surface area (Å²) in [5.74, 6) is 0.449. The maximum absolute atomic E-state index is 11.0. The van der Waals surface area contributed by atoms with E-state index >= 15 is 0 Å². The van der Waals surface area contributed by atoms with E-state index in [-0.39, 0.29) is 5.91 Å². The van der Waals surface area contributed by atoms with Gasteiger partial charge in [0.2, 0.25) is 5.91 Å². The molecule has 1 aromatic rings. The van der Waals surface area contributed by atoms with Gasteiger partial charge in [-0.2, -0.15) is 0 Å². The minimum atomic E-state index is -0.340. The minimum absolute atomic E-state index is 0.340. The van der Waals surface area contributed by atoms with Gasteiger partial charge in [-0.05, 0) is 51.5 Å². The lowest BCUT2D eigenvalue weighted by molar-refractivity contribution is 0.100. The molecular formula is C13H21N3OS. The number of piperidine rings is 1. The smallest absolute Gasteiger partial charge is 0.249 e. The van der Waals surface area contributed by atoms with Crippen LogP contribution in [0, 0.1) is 5.92 Å². The molecule has 0 saturated carbocycles. The number of carbonyl (C=O) groups is 1. The van der Waals surface area contributed by atoms with Crippen LogP contribution in [-0.2, 0) is 6.54 Å². The van der Waals surface area contributed by atoms with Crippen LogP contribution in [0.2, 0.25) is 0 Å². The molecule has 1 amide bonds. The molecule has 3 N–H and O–H groups in total. The molecule has 18 heavy (non-hydrogen) atoms. The Labute approximate surface area is 112 Å². The summed E-state index contributed by atoms with van der Waals surface area (Å²) < 4.78 is 0. The van der Waals surface area contributed by atoms with Gasteiger partial charge >= 0.3 is 0 Å². The molecule has 0 bridgehead atoms. The lowest BCUT2D eigenvalue weighted by atomic mass is 9.97. The van der Waals surface area contributed by atoms with Crippen LogP contribution in [-0.4, -0.2) is 37.5 Å². The Morgan fingerprint density at radius 3 is 2.89 bits per heavy atom. The van der Waals surface area contributed by atoms with Gasteiger partial charge in [-0.1, -0.05) is 0 Å². The first kappa shape index (κ1) is 13.5. The zero-order valence-electron chi connectivity index (χ0n) is 10.8. The van der Waals surface area contributed by atoms with Crippen molar-refractivity contribution in [3.8, 4) is 0 Å². The zero-order valence-corrected chi connectivity index (χ0v) is 11.6. The first-order valence-corrected chi connectivity index (χ1v) is 7.29. The van der Waals surface area contributed by atoms with E-state index in [0.717, 1.165) is 19.0 Å². The van der Waals surface area contributed by atoms with E-state index in [1.54, 1.807) is 11.3 Å². The molecule has 0 atom stereocenters. The Bertz CT molecular complexity index is 397. The van der Waals surface area contributed by atoms with Gasteiger partial charge in [0.1, 0.15) is 0 Å². The van der Waals surface area contributed by atoms with Crippen LogP contribution in [0.3, 0.4) is 0 Å². The fourth-order valence-electron chi connectivity index (χ4n) is 2.27. The third kappa shape index (κ3) is 3.80. The van der Waals surface area contributed by atoms with Crippen molar-refractivity contribution >= 4 is 17.2 Å². The monoisotopic (exact) mass is 267 g/mol. The Balaban J connectivity index is 1.70. The molecule has 1 saturated heterocycles. The molecule has 1 aliphatic rings. The number of likely N-dealkylation sites (tertiary alicyclic amines) is 1. The Kier molecular flexibility index (Phi) is 4.74. The standard InChI is InChI=1S/C13H21N3OS/c1-16-4-2-10(3-5-16)7-15-8-12-6-11(9-18-12)13(14)17/h6,9-10,15H,2-5,7-8H2,1H3,(H2,14,17). The number of thiophene rings is 1. The average Bonchev–Trinajstić information content (AvgIpc) is 2.81. The van der Waals surface area contributed by atoms with Crippen molar-refractivity contribution in [3.63, 3.8) is 0 Å². The van der Waals surface area contributed by atoms with Crippen molar-refractivity contribution in [2.24, 2.45) is 11.7 Å². The molecule has 2 rings (SSSR count). The third-order valence-electron chi connectivity index (χ3n) is 3.51. The largest absolute Gasteiger partial charge is 0.366 e. The molecule has 0 unspecified atom stereocenters. The van der Waals surface area contributed by atoms with Crippen LogP contribution in [0.25, 0.3) is 0 Å². The Morgan fingerprint density at radius 2 is 2.28 bits per heavy atom. The summed E-state index contributed by atoms with van der Waals surface area (Å²) in [4.78, 5) is 14.5. The maximum Gasteiger partial charge on any atom is 0.249 e. The van der Waals surface area contributed by atoms with E-state index in [2.05, 4.69) is 17.3 Å². The first-order chi connectivity index (χ1) is 8.65. The molecule has 1 aliphatic heterocycles. The maximum atomic E-state index is 11.0. The van der Waals surface area contributed by atoms with Crippen molar-refractivity contribution < 1.29 is 4.79 Å². The van der Waals surface area contributed by atoms with Crippen molar-refractivity contribution in [3.05, 3.63) is 21.9 Å². The summed E-state index contributed by atoms with van der Waals surface area (Å²) in [5.41, 5.74) is 5.85. The SMILES string of the molecule is CN1CCC(CNCc2cc(C(N)=O)cs2)CC1. The highest BCUT2D eigenvalue weighted by Crippen LogP contribution is 2.16. The predicted octanol–water partition coefficient (Wildman–Crippen LogP) is 1.28. The highest BCUT2D eigenvalue weighted by atomic mass is 32.1. The summed E-state index contributed by atoms with van der Waals surface area (Å²) in [5, 5.41) is 5.31. The first-order valence-electron chi connectivity index (χ1n) is 6.41. The minimum Gasteiger partial charge on any atom is -0.366 e. The number of primary amides is 1. The van der Waals surface area contributed by atoms with Crippen molar-refractivity contribution in [2.75, 3.05) is 26.7 Å². The summed E-state index contributed by atoms with van der Waals surface area (Å²) in [7, 11) is 2.18. The Morgan fingerprint density at radius 1 is 1.56 bits per heavy atom. The van der Waals surface area contributed by atoms with Gasteiger partial charge in [0.25, 0.3) is 0 Å². The number of nitrogens with one attached hydrogen (secondary N) is 1. The van der Waals surface area contributed by atoms with Gasteiger partial charge < -0.3 is 16.0 Å². The highest BCUT2D eigenvalue weighted by molar-refractivity contribution is 7.10. The molecule has 5 heteroatoms. The van der Waals surface area contributed by atoms with Gasteiger partial charge in [-0.15, -0.1) is 11.3 Å². The molecule has 0 radical (unpaired) electrons. The summed E-state index contributed by atoms with van der Waals surface area (Å²) in [6, 6.07) is 1.88. The molecule has 0 aromatic carbocycles. The van der Waals surface area contributed by atoms with Gasteiger partial charge in [-0.3, -0.25) is 4.79 Å². The number of amides is 1. The molecule has 4 nitrogen and oxygen atoms in total. The van der Waals surface area contributed by atoms with Crippen molar-refractivity contribution in [1.82, 2.24) is 10.2 Å². The third-order valence-corrected chi connectivity index (χ3v) is 4.45. The van der Waals surface area contributed by atoms with Crippen LogP contribution >= 0.6 is 11.3 Å². The fraction of sp³-hybridized carbons (Fsp3) is 0.615. The van der Waals surface area contributed by atoms with Gasteiger partial charge in [-0.25, -0.2) is 0 Å². The second-order valence-corrected chi connectivity index (χ2v) is 6.04. The molecule has 2 heterocycles. The molecule has 0 aliphatic carbocycles. The second kappa shape index (κ2) is 6.31. The molecule has 100 valence electrons. The number of rotatable bonds is 5. The van der Waals surface area contributed by atoms with Crippen molar-refractivity contribution in [2.45, 2.75) is 19.4 Å². The second-order valence-electron chi connectivity index (χ2n) is 5.04. The lowest BCUT2D eigenvalue weighted by Gasteiger charge is -2.28. The number of carbonyl (C=O) groups excluding carboxylic acids is 1. The summed E-state index contributed by atoms with van der Waals surface area (Å²) in [6.45, 7) is 4.32. The molecule has 0 spiro atoms. The number of nitrogens with zero attached hydrogens (tertiary/aromatic N) is 1. The summed E-state index contributed by atoms with van der Waals surface area (Å²) >= 11 is 1.59. The van der Waals surface area contributed by atoms with Crippen LogP contribution in [0.15, 0.2) is 11.4 Å². The van der Waals surface area contributed by atoms with E-state index in [9.17, 15) is 4.79 Å². The normalized spacial score (nSPS) is 18.1. The van der Waals surface area contributed by atoms with Crippen LogP contribution in [0.4, 0.5) is 0 Å². The van der Waals surface area contributed by atoms with E-state index in [0.29, 0.717) is 5.56 Å². The summed E-state index contributed by atoms with van der Waals surface area (Å²) in [6.07, 6.45) is 2.56. The average molecular weight is 267 g/mol. The van der Waals surface area contributed by atoms with Crippen LogP contribution in [0.5, 0.6) is 0 Å². The Hall–Kier alpha value is -0.910. The molecular weight excluding hydrogens is 246 g/mol. The van der Waals surface area contributed by atoms with Gasteiger partial charge in [0.05, 0.1) is 5.56 Å². The molecule has 1 aromatic heterocycles. The highest BCUT2D eigenvalue weighted by Gasteiger charge is 2.16. The quantitative estimate of drug-likeness (QED) is 0.845. The fourth-order valence-corrected chi connectivity index (χ4v) is 3.11. The molecule has 1 fully saturated rings. The van der Waals surface area contributed by atoms with Gasteiger partial charge in [0.15, 0.2) is 0 Å².